The molecule has 5 N–H and O–H groups in total. The van der Waals surface area contributed by atoms with Gasteiger partial charge in [0.1, 0.15) is 15.5 Å². The third-order valence-electron chi connectivity index (χ3n) is 7.48. The molecule has 0 unspecified atom stereocenters. The third kappa shape index (κ3) is 6.92. The van der Waals surface area contributed by atoms with Crippen molar-refractivity contribution in [1.29, 1.82) is 0 Å². The fourth-order valence-corrected chi connectivity index (χ4v) is 7.15. The summed E-state index contributed by atoms with van der Waals surface area (Å²) < 4.78 is 101. The number of nitrogens with one attached hydrogen (secondary N) is 2. The Bertz CT molecular complexity index is 2580. The van der Waals surface area contributed by atoms with Crippen LogP contribution in [-0.4, -0.2) is 61.9 Å². The van der Waals surface area contributed by atoms with Crippen LogP contribution in [0.25, 0.3) is 23.3 Å². The van der Waals surface area contributed by atoms with E-state index in [4.69, 9.17) is 0 Å². The van der Waals surface area contributed by atoms with Gasteiger partial charge < -0.3 is 0 Å². The number of benzene rings is 4. The van der Waals surface area contributed by atoms with E-state index in [2.05, 4.69) is 21.1 Å². The van der Waals surface area contributed by atoms with Gasteiger partial charge in [0.2, 0.25) is 11.6 Å². The monoisotopic (exact) mass is 734 g/mol. The van der Waals surface area contributed by atoms with Gasteiger partial charge >= 0.3 is 0 Å². The van der Waals surface area contributed by atoms with Crippen LogP contribution in [-0.2, 0) is 35.1 Å². The molecule has 6 rings (SSSR count). The van der Waals surface area contributed by atoms with Gasteiger partial charge in [-0.15, -0.1) is 0 Å². The summed E-state index contributed by atoms with van der Waals surface area (Å²) in [6, 6.07) is 21.8. The number of allylic oxidation sites excluding steroid dienone is 2. The molecular formula is C32H22N4O11S3. The lowest BCUT2D eigenvalue weighted by Gasteiger charge is -2.19. The zero-order valence-corrected chi connectivity index (χ0v) is 27.5. The zero-order valence-electron chi connectivity index (χ0n) is 25.0. The van der Waals surface area contributed by atoms with E-state index in [0.29, 0.717) is 29.5 Å². The first-order valence-corrected chi connectivity index (χ1v) is 18.4. The number of rotatable bonds is 8. The first-order chi connectivity index (χ1) is 23.5. The molecule has 0 aliphatic heterocycles. The Kier molecular flexibility index (Phi) is 8.68. The number of carbonyl (C=O) groups is 2. The molecule has 2 aliphatic rings. The van der Waals surface area contributed by atoms with E-state index in [9.17, 15) is 48.5 Å². The minimum atomic E-state index is -5.30. The number of hydrogen-bond donors (Lipinski definition) is 5. The second-order valence-corrected chi connectivity index (χ2v) is 14.9. The summed E-state index contributed by atoms with van der Waals surface area (Å²) in [6.45, 7) is 0. The Hall–Kier alpha value is -5.63. The molecule has 0 spiro atoms. The van der Waals surface area contributed by atoms with E-state index in [1.807, 2.05) is 24.3 Å². The van der Waals surface area contributed by atoms with Crippen LogP contribution < -0.4 is 10.9 Å². The number of hydrogen-bond acceptors (Lipinski definition) is 12. The van der Waals surface area contributed by atoms with Crippen molar-refractivity contribution in [2.45, 2.75) is 9.79 Å². The number of nitrogens with zero attached hydrogens (tertiary/aromatic N) is 2. The van der Waals surface area contributed by atoms with Crippen LogP contribution in [0.3, 0.4) is 0 Å². The van der Waals surface area contributed by atoms with Gasteiger partial charge in [0, 0.05) is 5.56 Å². The largest absolute Gasteiger partial charge is 0.296 e. The molecule has 18 heteroatoms. The molecule has 0 atom stereocenters. The van der Waals surface area contributed by atoms with Crippen LogP contribution in [0.2, 0.25) is 0 Å². The normalized spacial score (nSPS) is 16.2. The van der Waals surface area contributed by atoms with Crippen molar-refractivity contribution in [2.24, 2.45) is 10.2 Å². The summed E-state index contributed by atoms with van der Waals surface area (Å²) in [4.78, 5) is 22.4. The number of anilines is 2. The average Bonchev–Trinajstić information content (AvgIpc) is 3.06. The predicted octanol–water partition coefficient (Wildman–Crippen LogP) is 4.15. The first-order valence-electron chi connectivity index (χ1n) is 14.1. The van der Waals surface area contributed by atoms with E-state index in [1.54, 1.807) is 42.5 Å². The molecule has 0 aromatic heterocycles. The van der Waals surface area contributed by atoms with E-state index in [1.165, 1.54) is 18.2 Å². The number of hydrazone groups is 2. The maximum Gasteiger partial charge on any atom is 0.296 e. The number of ketones is 2. The standard InChI is InChI=1S/C32H22N4O11S3/c37-26-14-9-20-3-1-2-4-25(20)30(26)35-33-22-10-5-18(6-11-22)19-7-12-23(13-8-19)34-36-31-28(50(45,46)47)16-21-15-24(48(39,40)41)17-27(49(42,43)44)29(21)32(31)38/h1-17,33-34H,(H,39,40,41)(H,42,43,44)(H,45,46,47)/b35-30+,36-31-. The molecular weight excluding hydrogens is 713 g/mol. The molecule has 4 aromatic rings. The van der Waals surface area contributed by atoms with Gasteiger partial charge in [0.05, 0.1) is 21.8 Å². The molecule has 2 aliphatic carbocycles. The Morgan fingerprint density at radius 3 is 1.68 bits per heavy atom. The highest BCUT2D eigenvalue weighted by Gasteiger charge is 2.38. The van der Waals surface area contributed by atoms with Crippen molar-refractivity contribution in [3.8, 4) is 11.1 Å². The van der Waals surface area contributed by atoms with Crippen molar-refractivity contribution < 1.29 is 48.5 Å². The Morgan fingerprint density at radius 2 is 1.14 bits per heavy atom. The summed E-state index contributed by atoms with van der Waals surface area (Å²) in [5, 5.41) is 8.09. The second kappa shape index (κ2) is 12.7. The number of fused-ring (bicyclic) bond motifs is 2. The average molecular weight is 735 g/mol. The van der Waals surface area contributed by atoms with Crippen LogP contribution in [0.5, 0.6) is 0 Å². The molecule has 0 radical (unpaired) electrons. The van der Waals surface area contributed by atoms with E-state index < -0.39 is 67.7 Å². The van der Waals surface area contributed by atoms with Crippen molar-refractivity contribution in [1.82, 2.24) is 0 Å². The van der Waals surface area contributed by atoms with Crippen LogP contribution in [0.1, 0.15) is 27.0 Å². The van der Waals surface area contributed by atoms with Gasteiger partial charge in [-0.25, -0.2) is 0 Å². The zero-order chi connectivity index (χ0) is 36.0. The summed E-state index contributed by atoms with van der Waals surface area (Å²) in [5.41, 5.74) is 7.11. The minimum Gasteiger partial charge on any atom is -0.287 e. The Morgan fingerprint density at radius 1 is 0.580 bits per heavy atom. The van der Waals surface area contributed by atoms with Crippen molar-refractivity contribution >= 4 is 76.9 Å². The Balaban J connectivity index is 1.24. The van der Waals surface area contributed by atoms with E-state index in [0.717, 1.165) is 16.7 Å². The lowest BCUT2D eigenvalue weighted by atomic mass is 9.94. The van der Waals surface area contributed by atoms with Crippen molar-refractivity contribution in [2.75, 3.05) is 10.9 Å². The van der Waals surface area contributed by atoms with Crippen LogP contribution >= 0.6 is 0 Å². The maximum absolute atomic E-state index is 13.4. The van der Waals surface area contributed by atoms with Gasteiger partial charge in [-0.3, -0.25) is 34.1 Å². The van der Waals surface area contributed by atoms with Crippen molar-refractivity contribution in [3.05, 3.63) is 118 Å². The molecule has 0 saturated carbocycles. The summed E-state index contributed by atoms with van der Waals surface area (Å²) in [5.74, 6) is -1.63. The minimum absolute atomic E-state index is 0.229. The molecule has 4 aromatic carbocycles. The van der Waals surface area contributed by atoms with Gasteiger partial charge in [-0.05, 0) is 70.8 Å². The quantitative estimate of drug-likeness (QED) is 0.126. The molecule has 0 saturated heterocycles. The highest BCUT2D eigenvalue weighted by atomic mass is 32.2. The molecule has 0 fully saturated rings. The van der Waals surface area contributed by atoms with Gasteiger partial charge in [0.25, 0.3) is 30.4 Å². The lowest BCUT2D eigenvalue weighted by molar-refractivity contribution is -0.108. The highest BCUT2D eigenvalue weighted by Crippen LogP contribution is 2.33. The fraction of sp³-hybridized carbons (Fsp3) is 0. The number of Topliss-reactive ketones (excluding diaryl/α,β-unsaturated/α-hetero) is 1. The molecule has 0 amide bonds. The van der Waals surface area contributed by atoms with Crippen LogP contribution in [0, 0.1) is 0 Å². The molecule has 50 heavy (non-hydrogen) atoms. The van der Waals surface area contributed by atoms with E-state index >= 15 is 0 Å². The van der Waals surface area contributed by atoms with Crippen LogP contribution in [0.15, 0.2) is 116 Å². The van der Waals surface area contributed by atoms with Crippen LogP contribution in [0.4, 0.5) is 11.4 Å². The first kappa shape index (κ1) is 34.2. The molecule has 15 nitrogen and oxygen atoms in total. The number of carbonyl (C=O) groups excluding carboxylic acids is 2. The van der Waals surface area contributed by atoms with E-state index in [-0.39, 0.29) is 17.2 Å². The molecule has 254 valence electrons. The summed E-state index contributed by atoms with van der Waals surface area (Å²) in [6.07, 6.45) is 3.76. The van der Waals surface area contributed by atoms with Gasteiger partial charge in [-0.1, -0.05) is 54.6 Å². The van der Waals surface area contributed by atoms with Crippen molar-refractivity contribution in [3.63, 3.8) is 0 Å². The predicted molar refractivity (Wildman–Crippen MR) is 184 cm³/mol. The highest BCUT2D eigenvalue weighted by molar-refractivity contribution is 7.91. The van der Waals surface area contributed by atoms with Gasteiger partial charge in [0.15, 0.2) is 5.71 Å². The molecule has 0 heterocycles. The van der Waals surface area contributed by atoms with Gasteiger partial charge in [-0.2, -0.15) is 35.5 Å². The second-order valence-electron chi connectivity index (χ2n) is 10.7. The summed E-state index contributed by atoms with van der Waals surface area (Å²) in [7, 11) is -15.6. The topological polar surface area (TPSA) is 246 Å². The lowest BCUT2D eigenvalue weighted by Crippen LogP contribution is -2.29. The maximum atomic E-state index is 13.4. The fourth-order valence-electron chi connectivity index (χ4n) is 5.13. The molecule has 0 bridgehead atoms. The smallest absolute Gasteiger partial charge is 0.287 e. The Labute approximate surface area is 284 Å². The summed E-state index contributed by atoms with van der Waals surface area (Å²) >= 11 is 0. The SMILES string of the molecule is O=C1C=Cc2ccccc2/C1=N\Nc1ccc(-c2ccc(N/N=C3\C(=O)c4c(cc(S(=O)(=O)O)cc4S(=O)(=O)O)C=C3S(=O)(=O)O)cc2)cc1. The third-order valence-corrected chi connectivity index (χ3v) is 10.1.